The smallest absolute Gasteiger partial charge is 0.356 e. The van der Waals surface area contributed by atoms with E-state index in [1.807, 2.05) is 0 Å². The predicted molar refractivity (Wildman–Crippen MR) is 88.3 cm³/mol. The summed E-state index contributed by atoms with van der Waals surface area (Å²) in [4.78, 5) is 22.6. The van der Waals surface area contributed by atoms with Gasteiger partial charge in [-0.25, -0.2) is 14.0 Å². The summed E-state index contributed by atoms with van der Waals surface area (Å²) in [5.41, 5.74) is 0.498. The second-order valence-corrected chi connectivity index (χ2v) is 5.58. The Morgan fingerprint density at radius 1 is 1.12 bits per heavy atom. The third-order valence-electron chi connectivity index (χ3n) is 3.51. The summed E-state index contributed by atoms with van der Waals surface area (Å²) in [5.74, 6) is -3.13. The van der Waals surface area contributed by atoms with Gasteiger partial charge in [-0.1, -0.05) is 11.6 Å². The molecule has 6 nitrogen and oxygen atoms in total. The molecular weight excluding hydrogens is 353 g/mol. The Morgan fingerprint density at radius 2 is 1.80 bits per heavy atom. The number of carboxylic acids is 2. The van der Waals surface area contributed by atoms with Gasteiger partial charge in [-0.3, -0.25) is 0 Å². The number of rotatable bonds is 5. The molecule has 0 atom stereocenters. The zero-order chi connectivity index (χ0) is 18.1. The first-order chi connectivity index (χ1) is 11.9. The maximum absolute atomic E-state index is 13.2. The molecule has 25 heavy (non-hydrogen) atoms. The number of benzene rings is 2. The maximum Gasteiger partial charge on any atom is 0.356 e. The molecule has 8 heteroatoms. The molecule has 0 bridgehead atoms. The standard InChI is InChI=1S/C17H11ClFNO5/c18-9-1-6-12-13(7-9)20(11-4-2-10(19)3-5-11)15(17(23)24)16(12)25-8-14(21)22/h1-7H,8H2,(H,21,22)(H,23,24). The van der Waals surface area contributed by atoms with Crippen molar-refractivity contribution in [3.05, 3.63) is 59.0 Å². The Labute approximate surface area is 145 Å². The number of hydrogen-bond donors (Lipinski definition) is 2. The summed E-state index contributed by atoms with van der Waals surface area (Å²) < 4.78 is 19.8. The van der Waals surface area contributed by atoms with E-state index >= 15 is 0 Å². The van der Waals surface area contributed by atoms with Gasteiger partial charge in [-0.05, 0) is 42.5 Å². The molecule has 0 saturated carbocycles. The van der Waals surface area contributed by atoms with Crippen LogP contribution in [0.15, 0.2) is 42.5 Å². The molecule has 0 saturated heterocycles. The fourth-order valence-electron chi connectivity index (χ4n) is 2.56. The highest BCUT2D eigenvalue weighted by Gasteiger charge is 2.25. The van der Waals surface area contributed by atoms with Gasteiger partial charge in [-0.15, -0.1) is 0 Å². The van der Waals surface area contributed by atoms with E-state index in [0.29, 0.717) is 21.6 Å². The highest BCUT2D eigenvalue weighted by atomic mass is 35.5. The Morgan fingerprint density at radius 3 is 2.40 bits per heavy atom. The summed E-state index contributed by atoms with van der Waals surface area (Å²) >= 11 is 6.02. The molecule has 0 aliphatic carbocycles. The van der Waals surface area contributed by atoms with Crippen molar-refractivity contribution in [1.82, 2.24) is 4.57 Å². The first-order valence-electron chi connectivity index (χ1n) is 7.06. The van der Waals surface area contributed by atoms with Gasteiger partial charge in [-0.2, -0.15) is 0 Å². The van der Waals surface area contributed by atoms with E-state index in [4.69, 9.17) is 21.4 Å². The molecule has 3 aromatic rings. The van der Waals surface area contributed by atoms with Gasteiger partial charge in [0.25, 0.3) is 0 Å². The number of aliphatic carboxylic acids is 1. The average molecular weight is 364 g/mol. The third kappa shape index (κ3) is 3.14. The van der Waals surface area contributed by atoms with Crippen LogP contribution in [-0.2, 0) is 4.79 Å². The number of aromatic carboxylic acids is 1. The number of halogens is 2. The van der Waals surface area contributed by atoms with Crippen molar-refractivity contribution in [3.63, 3.8) is 0 Å². The van der Waals surface area contributed by atoms with Crippen molar-refractivity contribution in [1.29, 1.82) is 0 Å². The molecule has 1 aromatic heterocycles. The topological polar surface area (TPSA) is 88.8 Å². The van der Waals surface area contributed by atoms with Gasteiger partial charge in [0.15, 0.2) is 18.1 Å². The average Bonchev–Trinajstić information content (AvgIpc) is 2.87. The first kappa shape index (κ1) is 16.8. The van der Waals surface area contributed by atoms with E-state index in [1.54, 1.807) is 6.07 Å². The minimum atomic E-state index is -1.32. The van der Waals surface area contributed by atoms with Gasteiger partial charge in [0.05, 0.1) is 5.52 Å². The van der Waals surface area contributed by atoms with Gasteiger partial charge in [0.2, 0.25) is 0 Å². The van der Waals surface area contributed by atoms with Crippen LogP contribution in [-0.4, -0.2) is 33.3 Å². The van der Waals surface area contributed by atoms with Crippen molar-refractivity contribution in [2.24, 2.45) is 0 Å². The lowest BCUT2D eigenvalue weighted by Gasteiger charge is -2.09. The number of carboxylic acid groups (broad SMARTS) is 2. The zero-order valence-corrected chi connectivity index (χ0v) is 13.3. The van der Waals surface area contributed by atoms with Gasteiger partial charge in [0.1, 0.15) is 5.82 Å². The predicted octanol–water partition coefficient (Wildman–Crippen LogP) is 3.58. The molecule has 0 spiro atoms. The molecule has 2 N–H and O–H groups in total. The minimum Gasteiger partial charge on any atom is -0.479 e. The lowest BCUT2D eigenvalue weighted by atomic mass is 10.2. The summed E-state index contributed by atoms with van der Waals surface area (Å²) in [6.07, 6.45) is 0. The number of ether oxygens (including phenoxy) is 1. The summed E-state index contributed by atoms with van der Waals surface area (Å²) in [6, 6.07) is 9.80. The number of hydrogen-bond acceptors (Lipinski definition) is 3. The van der Waals surface area contributed by atoms with Gasteiger partial charge < -0.3 is 19.5 Å². The van der Waals surface area contributed by atoms with Crippen LogP contribution in [0.4, 0.5) is 4.39 Å². The van der Waals surface area contributed by atoms with Crippen molar-refractivity contribution >= 4 is 34.4 Å². The van der Waals surface area contributed by atoms with E-state index in [0.717, 1.165) is 0 Å². The number of aromatic nitrogens is 1. The molecule has 0 radical (unpaired) electrons. The summed E-state index contributed by atoms with van der Waals surface area (Å²) in [7, 11) is 0. The monoisotopic (exact) mass is 363 g/mol. The fourth-order valence-corrected chi connectivity index (χ4v) is 2.73. The Kier molecular flexibility index (Phi) is 4.33. The fraction of sp³-hybridized carbons (Fsp3) is 0.0588. The Balaban J connectivity index is 2.34. The molecule has 3 rings (SSSR count). The van der Waals surface area contributed by atoms with Crippen LogP contribution in [0, 0.1) is 5.82 Å². The van der Waals surface area contributed by atoms with Crippen molar-refractivity contribution in [3.8, 4) is 11.4 Å². The largest absolute Gasteiger partial charge is 0.479 e. The minimum absolute atomic E-state index is 0.0918. The van der Waals surface area contributed by atoms with E-state index < -0.39 is 24.4 Å². The SMILES string of the molecule is O=C(O)COc1c(C(=O)O)n(-c2ccc(F)cc2)c2cc(Cl)ccc12. The van der Waals surface area contributed by atoms with Crippen LogP contribution < -0.4 is 4.74 Å². The third-order valence-corrected chi connectivity index (χ3v) is 3.75. The van der Waals surface area contributed by atoms with Crippen LogP contribution in [0.3, 0.4) is 0 Å². The molecule has 128 valence electrons. The van der Waals surface area contributed by atoms with Crippen LogP contribution in [0.5, 0.6) is 5.75 Å². The summed E-state index contributed by atoms with van der Waals surface area (Å²) in [5, 5.41) is 19.2. The molecule has 0 fully saturated rings. The van der Waals surface area contributed by atoms with Gasteiger partial charge in [0, 0.05) is 16.1 Å². The first-order valence-corrected chi connectivity index (χ1v) is 7.44. The normalized spacial score (nSPS) is 10.8. The van der Waals surface area contributed by atoms with E-state index in [2.05, 4.69) is 0 Å². The zero-order valence-electron chi connectivity index (χ0n) is 12.6. The van der Waals surface area contributed by atoms with E-state index in [-0.39, 0.29) is 11.4 Å². The molecule has 1 heterocycles. The molecule has 2 aromatic carbocycles. The van der Waals surface area contributed by atoms with Crippen molar-refractivity contribution < 1.29 is 28.9 Å². The highest BCUT2D eigenvalue weighted by molar-refractivity contribution is 6.31. The van der Waals surface area contributed by atoms with Crippen LogP contribution in [0.2, 0.25) is 5.02 Å². The number of carbonyl (C=O) groups is 2. The lowest BCUT2D eigenvalue weighted by Crippen LogP contribution is -2.13. The summed E-state index contributed by atoms with van der Waals surface area (Å²) in [6.45, 7) is -0.703. The maximum atomic E-state index is 13.2. The molecular formula is C17H11ClFNO5. The Bertz CT molecular complexity index is 981. The number of fused-ring (bicyclic) bond motifs is 1. The van der Waals surface area contributed by atoms with Crippen LogP contribution in [0.1, 0.15) is 10.5 Å². The Hall–Kier alpha value is -3.06. The van der Waals surface area contributed by atoms with E-state index in [9.17, 15) is 19.1 Å². The molecule has 0 aliphatic rings. The van der Waals surface area contributed by atoms with Crippen LogP contribution >= 0.6 is 11.6 Å². The second kappa shape index (κ2) is 6.45. The molecule has 0 aliphatic heterocycles. The quantitative estimate of drug-likeness (QED) is 0.723. The lowest BCUT2D eigenvalue weighted by molar-refractivity contribution is -0.139. The highest BCUT2D eigenvalue weighted by Crippen LogP contribution is 2.37. The molecule has 0 amide bonds. The van der Waals surface area contributed by atoms with Crippen molar-refractivity contribution in [2.75, 3.05) is 6.61 Å². The van der Waals surface area contributed by atoms with E-state index in [1.165, 1.54) is 41.0 Å². The van der Waals surface area contributed by atoms with Crippen LogP contribution in [0.25, 0.3) is 16.6 Å². The number of nitrogens with zero attached hydrogens (tertiary/aromatic N) is 1. The molecule has 0 unspecified atom stereocenters. The van der Waals surface area contributed by atoms with Gasteiger partial charge >= 0.3 is 11.9 Å². The van der Waals surface area contributed by atoms with Crippen molar-refractivity contribution in [2.45, 2.75) is 0 Å². The second-order valence-electron chi connectivity index (χ2n) is 5.14.